The Hall–Kier alpha value is -2.03. The van der Waals surface area contributed by atoms with Crippen LogP contribution in [0.1, 0.15) is 35.8 Å². The normalized spacial score (nSPS) is 10.5. The maximum Gasteiger partial charge on any atom is 0.216 e. The van der Waals surface area contributed by atoms with E-state index in [4.69, 9.17) is 4.74 Å². The van der Waals surface area contributed by atoms with Gasteiger partial charge in [0.15, 0.2) is 6.61 Å². The van der Waals surface area contributed by atoms with E-state index in [2.05, 4.69) is 19.1 Å². The van der Waals surface area contributed by atoms with Crippen LogP contribution in [0.15, 0.2) is 42.6 Å². The van der Waals surface area contributed by atoms with Crippen LogP contribution < -0.4 is 4.74 Å². The molecule has 106 valence electrons. The predicted octanol–water partition coefficient (Wildman–Crippen LogP) is 3.63. The Morgan fingerprint density at radius 2 is 1.95 bits per heavy atom. The van der Waals surface area contributed by atoms with E-state index in [1.165, 1.54) is 18.4 Å². The number of aromatic nitrogens is 1. The number of ether oxygens (including phenoxy) is 1. The molecule has 0 amide bonds. The van der Waals surface area contributed by atoms with Gasteiger partial charge in [-0.3, -0.25) is 4.79 Å². The topological polar surface area (TPSA) is 31.2 Å². The second-order valence-electron chi connectivity index (χ2n) is 4.96. The molecular weight excluding hydrogens is 250 g/mol. The smallest absolute Gasteiger partial charge is 0.216 e. The largest absolute Gasteiger partial charge is 0.485 e. The Bertz CT molecular complexity index is 555. The number of ketones is 1. The van der Waals surface area contributed by atoms with E-state index in [-0.39, 0.29) is 12.4 Å². The van der Waals surface area contributed by atoms with E-state index in [1.807, 2.05) is 31.4 Å². The molecule has 0 radical (unpaired) electrons. The lowest BCUT2D eigenvalue weighted by Crippen LogP contribution is -2.14. The van der Waals surface area contributed by atoms with Crippen LogP contribution in [0.3, 0.4) is 0 Å². The molecule has 2 aromatic rings. The van der Waals surface area contributed by atoms with Crippen LogP contribution in [0.5, 0.6) is 5.75 Å². The number of carbonyl (C=O) groups is 1. The summed E-state index contributed by atoms with van der Waals surface area (Å²) in [4.78, 5) is 12.0. The van der Waals surface area contributed by atoms with E-state index in [9.17, 15) is 4.79 Å². The van der Waals surface area contributed by atoms with Crippen LogP contribution in [0.4, 0.5) is 0 Å². The zero-order valence-electron chi connectivity index (χ0n) is 12.1. The van der Waals surface area contributed by atoms with Crippen LogP contribution in [0, 0.1) is 0 Å². The lowest BCUT2D eigenvalue weighted by Gasteiger charge is -2.07. The van der Waals surface area contributed by atoms with Crippen molar-refractivity contribution in [1.82, 2.24) is 4.57 Å². The molecule has 0 aliphatic heterocycles. The molecule has 3 nitrogen and oxygen atoms in total. The average Bonchev–Trinajstić information content (AvgIpc) is 2.90. The van der Waals surface area contributed by atoms with Gasteiger partial charge >= 0.3 is 0 Å². The number of carbonyl (C=O) groups excluding carboxylic acids is 1. The standard InChI is InChI=1S/C17H21NO2/c1-3-4-6-14-8-10-15(11-9-14)20-13-17(19)16-7-5-12-18(16)2/h5,7-12H,3-4,6,13H2,1-2H3. The van der Waals surface area contributed by atoms with E-state index in [0.717, 1.165) is 12.2 Å². The van der Waals surface area contributed by atoms with Gasteiger partial charge in [0.1, 0.15) is 5.75 Å². The lowest BCUT2D eigenvalue weighted by atomic mass is 10.1. The van der Waals surface area contributed by atoms with Crippen molar-refractivity contribution >= 4 is 5.78 Å². The van der Waals surface area contributed by atoms with Crippen molar-refractivity contribution < 1.29 is 9.53 Å². The first-order valence-electron chi connectivity index (χ1n) is 7.07. The summed E-state index contributed by atoms with van der Waals surface area (Å²) in [6, 6.07) is 11.7. The van der Waals surface area contributed by atoms with Crippen molar-refractivity contribution in [3.63, 3.8) is 0 Å². The molecule has 0 spiro atoms. The van der Waals surface area contributed by atoms with Crippen molar-refractivity contribution in [2.24, 2.45) is 7.05 Å². The summed E-state index contributed by atoms with van der Waals surface area (Å²) in [5.41, 5.74) is 1.98. The number of benzene rings is 1. The molecule has 0 N–H and O–H groups in total. The molecule has 0 unspecified atom stereocenters. The molecule has 0 aliphatic rings. The fraction of sp³-hybridized carbons (Fsp3) is 0.353. The molecule has 0 bridgehead atoms. The first-order chi connectivity index (χ1) is 9.70. The molecule has 1 aromatic carbocycles. The summed E-state index contributed by atoms with van der Waals surface area (Å²) in [6.45, 7) is 2.26. The highest BCUT2D eigenvalue weighted by Gasteiger charge is 2.09. The Kier molecular flexibility index (Phi) is 4.99. The average molecular weight is 271 g/mol. The van der Waals surface area contributed by atoms with Crippen LogP contribution in [0.25, 0.3) is 0 Å². The summed E-state index contributed by atoms with van der Waals surface area (Å²) in [5.74, 6) is 0.736. The van der Waals surface area contributed by atoms with Gasteiger partial charge in [0.25, 0.3) is 0 Å². The molecule has 0 aliphatic carbocycles. The Morgan fingerprint density at radius 3 is 2.55 bits per heavy atom. The molecule has 0 saturated carbocycles. The highest BCUT2D eigenvalue weighted by atomic mass is 16.5. The first kappa shape index (κ1) is 14.4. The van der Waals surface area contributed by atoms with Crippen molar-refractivity contribution in [3.05, 3.63) is 53.9 Å². The number of nitrogens with zero attached hydrogens (tertiary/aromatic N) is 1. The van der Waals surface area contributed by atoms with Gasteiger partial charge < -0.3 is 9.30 Å². The monoisotopic (exact) mass is 271 g/mol. The minimum Gasteiger partial charge on any atom is -0.485 e. The summed E-state index contributed by atoms with van der Waals surface area (Å²) < 4.78 is 7.35. The van der Waals surface area contributed by atoms with E-state index in [1.54, 1.807) is 10.6 Å². The summed E-state index contributed by atoms with van der Waals surface area (Å²) >= 11 is 0. The molecule has 0 fully saturated rings. The second-order valence-corrected chi connectivity index (χ2v) is 4.96. The van der Waals surface area contributed by atoms with E-state index >= 15 is 0 Å². The number of Topliss-reactive ketones (excluding diaryl/α,β-unsaturated/α-hetero) is 1. The van der Waals surface area contributed by atoms with Gasteiger partial charge in [-0.2, -0.15) is 0 Å². The lowest BCUT2D eigenvalue weighted by molar-refractivity contribution is 0.0913. The van der Waals surface area contributed by atoms with Gasteiger partial charge in [0.2, 0.25) is 5.78 Å². The van der Waals surface area contributed by atoms with Crippen LogP contribution in [0.2, 0.25) is 0 Å². The SMILES string of the molecule is CCCCc1ccc(OCC(=O)c2cccn2C)cc1. The number of unbranched alkanes of at least 4 members (excludes halogenated alkanes) is 1. The van der Waals surface area contributed by atoms with Gasteiger partial charge in [-0.25, -0.2) is 0 Å². The van der Waals surface area contributed by atoms with Crippen LogP contribution in [-0.4, -0.2) is 17.0 Å². The van der Waals surface area contributed by atoms with Crippen molar-refractivity contribution in [2.75, 3.05) is 6.61 Å². The molecule has 3 heteroatoms. The highest BCUT2D eigenvalue weighted by molar-refractivity contribution is 5.95. The number of hydrogen-bond donors (Lipinski definition) is 0. The van der Waals surface area contributed by atoms with E-state index in [0.29, 0.717) is 5.69 Å². The predicted molar refractivity (Wildman–Crippen MR) is 80.3 cm³/mol. The maximum absolute atomic E-state index is 12.0. The number of aryl methyl sites for hydroxylation is 2. The van der Waals surface area contributed by atoms with Crippen LogP contribution >= 0.6 is 0 Å². The van der Waals surface area contributed by atoms with Gasteiger partial charge in [0.05, 0.1) is 5.69 Å². The molecule has 1 heterocycles. The van der Waals surface area contributed by atoms with Crippen molar-refractivity contribution in [3.8, 4) is 5.75 Å². The molecule has 20 heavy (non-hydrogen) atoms. The maximum atomic E-state index is 12.0. The third-order valence-corrected chi connectivity index (χ3v) is 3.34. The van der Waals surface area contributed by atoms with Crippen molar-refractivity contribution in [1.29, 1.82) is 0 Å². The van der Waals surface area contributed by atoms with E-state index < -0.39 is 0 Å². The Balaban J connectivity index is 1.88. The minimum absolute atomic E-state index is 0.00689. The summed E-state index contributed by atoms with van der Waals surface area (Å²) in [5, 5.41) is 0. The molecule has 1 aromatic heterocycles. The Morgan fingerprint density at radius 1 is 1.20 bits per heavy atom. The third kappa shape index (κ3) is 3.73. The quantitative estimate of drug-likeness (QED) is 0.720. The fourth-order valence-electron chi connectivity index (χ4n) is 2.11. The van der Waals surface area contributed by atoms with Crippen LogP contribution in [-0.2, 0) is 13.5 Å². The fourth-order valence-corrected chi connectivity index (χ4v) is 2.11. The first-order valence-corrected chi connectivity index (χ1v) is 7.07. The minimum atomic E-state index is -0.00689. The highest BCUT2D eigenvalue weighted by Crippen LogP contribution is 2.14. The number of hydrogen-bond acceptors (Lipinski definition) is 2. The second kappa shape index (κ2) is 6.94. The van der Waals surface area contributed by atoms with Gasteiger partial charge in [-0.1, -0.05) is 25.5 Å². The van der Waals surface area contributed by atoms with Gasteiger partial charge in [-0.15, -0.1) is 0 Å². The zero-order valence-corrected chi connectivity index (χ0v) is 12.1. The zero-order chi connectivity index (χ0) is 14.4. The van der Waals surface area contributed by atoms with Crippen molar-refractivity contribution in [2.45, 2.75) is 26.2 Å². The molecular formula is C17H21NO2. The van der Waals surface area contributed by atoms with Gasteiger partial charge in [-0.05, 0) is 42.7 Å². The summed E-state index contributed by atoms with van der Waals surface area (Å²) in [6.07, 6.45) is 5.35. The molecule has 0 atom stereocenters. The molecule has 2 rings (SSSR count). The Labute approximate surface area is 120 Å². The van der Waals surface area contributed by atoms with Gasteiger partial charge in [0, 0.05) is 13.2 Å². The molecule has 0 saturated heterocycles. The number of rotatable bonds is 7. The summed E-state index contributed by atoms with van der Waals surface area (Å²) in [7, 11) is 1.86. The third-order valence-electron chi connectivity index (χ3n) is 3.34.